The van der Waals surface area contributed by atoms with Crippen molar-refractivity contribution in [1.29, 1.82) is 0 Å². The number of aliphatic carboxylic acids is 1. The van der Waals surface area contributed by atoms with Crippen molar-refractivity contribution >= 4 is 11.9 Å². The van der Waals surface area contributed by atoms with Crippen molar-refractivity contribution in [2.45, 2.75) is 45.6 Å². The minimum Gasteiger partial charge on any atom is -0.479 e. The van der Waals surface area contributed by atoms with E-state index in [0.717, 1.165) is 33.6 Å². The highest BCUT2D eigenvalue weighted by Gasteiger charge is 2.37. The molecule has 0 fully saturated rings. The highest BCUT2D eigenvalue weighted by atomic mass is 16.4. The number of carbonyl (C=O) groups excluding carboxylic acids is 1. The Morgan fingerprint density at radius 2 is 1.33 bits per heavy atom. The highest BCUT2D eigenvalue weighted by molar-refractivity contribution is 5.98. The van der Waals surface area contributed by atoms with Crippen LogP contribution in [0.5, 0.6) is 0 Å². The van der Waals surface area contributed by atoms with Crippen LogP contribution in [0.4, 0.5) is 0 Å². The lowest BCUT2D eigenvalue weighted by Crippen LogP contribution is -2.49. The molecular formula is C36H35N3O3. The zero-order valence-electron chi connectivity index (χ0n) is 24.6. The van der Waals surface area contributed by atoms with Gasteiger partial charge in [0.25, 0.3) is 5.91 Å². The maximum atomic E-state index is 13.1. The summed E-state index contributed by atoms with van der Waals surface area (Å²) in [6, 6.07) is 32.8. The van der Waals surface area contributed by atoms with Gasteiger partial charge < -0.3 is 10.4 Å². The molecule has 42 heavy (non-hydrogen) atoms. The Balaban J connectivity index is 1.38. The van der Waals surface area contributed by atoms with Crippen LogP contribution in [0.2, 0.25) is 0 Å². The number of para-hydroxylation sites is 1. The Hall–Kier alpha value is -4.97. The van der Waals surface area contributed by atoms with Gasteiger partial charge in [-0.2, -0.15) is 5.10 Å². The summed E-state index contributed by atoms with van der Waals surface area (Å²) in [5, 5.41) is 17.7. The van der Waals surface area contributed by atoms with E-state index in [1.54, 1.807) is 24.3 Å². The van der Waals surface area contributed by atoms with Crippen LogP contribution in [-0.4, -0.2) is 26.8 Å². The van der Waals surface area contributed by atoms with E-state index in [2.05, 4.69) is 63.3 Å². The molecule has 0 aliphatic rings. The molecule has 6 heteroatoms. The Morgan fingerprint density at radius 1 is 0.738 bits per heavy atom. The molecule has 2 N–H and O–H groups in total. The number of benzene rings is 4. The summed E-state index contributed by atoms with van der Waals surface area (Å²) in [5.41, 5.74) is 6.22. The first-order valence-corrected chi connectivity index (χ1v) is 14.0. The molecule has 0 aliphatic carbocycles. The fourth-order valence-electron chi connectivity index (χ4n) is 4.91. The first-order chi connectivity index (χ1) is 20.0. The van der Waals surface area contributed by atoms with Crippen molar-refractivity contribution in [2.75, 3.05) is 0 Å². The smallest absolute Gasteiger partial charge is 0.333 e. The lowest BCUT2D eigenvalue weighted by molar-refractivity contribution is -0.144. The van der Waals surface area contributed by atoms with Gasteiger partial charge in [0, 0.05) is 22.9 Å². The van der Waals surface area contributed by atoms with E-state index >= 15 is 0 Å². The number of rotatable bonds is 7. The number of nitrogens with zero attached hydrogens (tertiary/aromatic N) is 2. The zero-order valence-corrected chi connectivity index (χ0v) is 24.6. The molecule has 1 heterocycles. The molecule has 0 bridgehead atoms. The molecular weight excluding hydrogens is 522 g/mol. The first kappa shape index (κ1) is 28.6. The number of carbonyl (C=O) groups is 2. The fourth-order valence-corrected chi connectivity index (χ4v) is 4.91. The normalized spacial score (nSPS) is 12.9. The van der Waals surface area contributed by atoms with Crippen LogP contribution in [0.25, 0.3) is 28.1 Å². The SMILES string of the molecule is Cc1ccc(-c2ccccc2-n2ccc(-c3ccc([C@](C)(NC(=O)c4ccc(C(C)(C)C)cc4)C(=O)O)cc3)n2)cc1. The van der Waals surface area contributed by atoms with Gasteiger partial charge in [-0.3, -0.25) is 4.79 Å². The number of hydrogen-bond acceptors (Lipinski definition) is 3. The maximum absolute atomic E-state index is 13.1. The Labute approximate surface area is 246 Å². The van der Waals surface area contributed by atoms with Gasteiger partial charge in [0.15, 0.2) is 5.54 Å². The zero-order chi connectivity index (χ0) is 30.1. The number of aromatic nitrogens is 2. The fraction of sp³-hybridized carbons (Fsp3) is 0.194. The largest absolute Gasteiger partial charge is 0.479 e. The minimum atomic E-state index is -1.62. The molecule has 5 rings (SSSR count). The molecule has 1 aromatic heterocycles. The van der Waals surface area contributed by atoms with E-state index in [-0.39, 0.29) is 5.41 Å². The molecule has 4 aromatic carbocycles. The van der Waals surface area contributed by atoms with Crippen molar-refractivity contribution in [3.8, 4) is 28.1 Å². The molecule has 212 valence electrons. The third-order valence-electron chi connectivity index (χ3n) is 7.66. The van der Waals surface area contributed by atoms with Gasteiger partial charge in [-0.05, 0) is 60.2 Å². The summed E-state index contributed by atoms with van der Waals surface area (Å²) in [4.78, 5) is 25.5. The van der Waals surface area contributed by atoms with Gasteiger partial charge in [-0.25, -0.2) is 9.48 Å². The van der Waals surface area contributed by atoms with Crippen molar-refractivity contribution in [1.82, 2.24) is 15.1 Å². The average molecular weight is 558 g/mol. The van der Waals surface area contributed by atoms with Crippen LogP contribution < -0.4 is 5.32 Å². The van der Waals surface area contributed by atoms with Crippen molar-refractivity contribution in [3.63, 3.8) is 0 Å². The lowest BCUT2D eigenvalue weighted by Gasteiger charge is -2.27. The number of aryl methyl sites for hydroxylation is 1. The molecule has 6 nitrogen and oxygen atoms in total. The number of carboxylic acids is 1. The summed E-state index contributed by atoms with van der Waals surface area (Å²) < 4.78 is 1.85. The van der Waals surface area contributed by atoms with Crippen LogP contribution >= 0.6 is 0 Å². The van der Waals surface area contributed by atoms with Crippen molar-refractivity contribution in [3.05, 3.63) is 132 Å². The second-order valence-corrected chi connectivity index (χ2v) is 11.8. The molecule has 0 unspecified atom stereocenters. The molecule has 1 atom stereocenters. The Kier molecular flexibility index (Phi) is 7.57. The molecule has 0 saturated carbocycles. The van der Waals surface area contributed by atoms with E-state index < -0.39 is 17.4 Å². The summed E-state index contributed by atoms with van der Waals surface area (Å²) in [6.07, 6.45) is 1.92. The third-order valence-corrected chi connectivity index (χ3v) is 7.66. The van der Waals surface area contributed by atoms with E-state index in [9.17, 15) is 14.7 Å². The monoisotopic (exact) mass is 557 g/mol. The minimum absolute atomic E-state index is 0.0490. The van der Waals surface area contributed by atoms with Crippen molar-refractivity contribution in [2.24, 2.45) is 0 Å². The third kappa shape index (κ3) is 5.75. The van der Waals surface area contributed by atoms with E-state index in [1.165, 1.54) is 12.5 Å². The molecule has 0 spiro atoms. The van der Waals surface area contributed by atoms with Crippen molar-refractivity contribution < 1.29 is 14.7 Å². The van der Waals surface area contributed by atoms with Crippen LogP contribution in [-0.2, 0) is 15.7 Å². The number of nitrogens with one attached hydrogen (secondary N) is 1. The quantitative estimate of drug-likeness (QED) is 0.216. The predicted octanol–water partition coefficient (Wildman–Crippen LogP) is 7.54. The summed E-state index contributed by atoms with van der Waals surface area (Å²) >= 11 is 0. The summed E-state index contributed by atoms with van der Waals surface area (Å²) in [6.45, 7) is 9.87. The molecule has 5 aromatic rings. The van der Waals surface area contributed by atoms with E-state index in [4.69, 9.17) is 5.10 Å². The van der Waals surface area contributed by atoms with Crippen LogP contribution in [0.15, 0.2) is 109 Å². The summed E-state index contributed by atoms with van der Waals surface area (Å²) in [7, 11) is 0. The van der Waals surface area contributed by atoms with Gasteiger partial charge in [0.2, 0.25) is 0 Å². The molecule has 0 saturated heterocycles. The first-order valence-electron chi connectivity index (χ1n) is 14.0. The molecule has 0 radical (unpaired) electrons. The Morgan fingerprint density at radius 3 is 1.95 bits per heavy atom. The summed E-state index contributed by atoms with van der Waals surface area (Å²) in [5.74, 6) is -1.60. The van der Waals surface area contributed by atoms with Crippen LogP contribution in [0.3, 0.4) is 0 Å². The standard InChI is InChI=1S/C36H35N3O3/c1-24-10-12-25(13-11-24)30-8-6-7-9-32(30)39-23-22-31(38-39)26-14-20-29(21-15-26)36(5,34(41)42)37-33(40)27-16-18-28(19-17-27)35(2,3)4/h6-23H,1-5H3,(H,37,40)(H,41,42)/t36-/m0/s1. The van der Waals surface area contributed by atoms with Gasteiger partial charge >= 0.3 is 5.97 Å². The number of hydrogen-bond donors (Lipinski definition) is 2. The Bertz CT molecular complexity index is 1730. The molecule has 1 amide bonds. The predicted molar refractivity (Wildman–Crippen MR) is 167 cm³/mol. The van der Waals surface area contributed by atoms with Gasteiger partial charge in [-0.1, -0.05) is 105 Å². The highest BCUT2D eigenvalue weighted by Crippen LogP contribution is 2.30. The average Bonchev–Trinajstić information content (AvgIpc) is 3.47. The number of carboxylic acid groups (broad SMARTS) is 1. The topological polar surface area (TPSA) is 84.2 Å². The second kappa shape index (κ2) is 11.1. The van der Waals surface area contributed by atoms with Gasteiger partial charge in [-0.15, -0.1) is 0 Å². The second-order valence-electron chi connectivity index (χ2n) is 11.8. The van der Waals surface area contributed by atoms with Crippen LogP contribution in [0, 0.1) is 6.92 Å². The number of amides is 1. The van der Waals surface area contributed by atoms with Gasteiger partial charge in [0.05, 0.1) is 11.4 Å². The van der Waals surface area contributed by atoms with E-state index in [1.807, 2.05) is 59.4 Å². The van der Waals surface area contributed by atoms with E-state index in [0.29, 0.717) is 11.1 Å². The maximum Gasteiger partial charge on any atom is 0.333 e. The van der Waals surface area contributed by atoms with Crippen LogP contribution in [0.1, 0.15) is 54.7 Å². The molecule has 0 aliphatic heterocycles. The van der Waals surface area contributed by atoms with Gasteiger partial charge in [0.1, 0.15) is 0 Å². The lowest BCUT2D eigenvalue weighted by atomic mass is 9.86.